The topological polar surface area (TPSA) is 17.1 Å². The summed E-state index contributed by atoms with van der Waals surface area (Å²) >= 11 is 7.67. The van der Waals surface area contributed by atoms with E-state index >= 15 is 0 Å². The van der Waals surface area contributed by atoms with Gasteiger partial charge >= 0.3 is 0 Å². The monoisotopic (exact) mass is 276 g/mol. The standard InChI is InChI=1S/C15H13ClOS/c1-10-9-13(11(2)18-10)15(17)8-7-12-5-3-4-6-14(12)16/h3-9H,1-2H3/b8-7+. The second-order valence-corrected chi connectivity index (χ2v) is 5.91. The molecule has 0 saturated heterocycles. The van der Waals surface area contributed by atoms with Gasteiger partial charge in [-0.05, 0) is 43.7 Å². The molecule has 0 aliphatic heterocycles. The van der Waals surface area contributed by atoms with Crippen LogP contribution >= 0.6 is 22.9 Å². The molecule has 0 N–H and O–H groups in total. The lowest BCUT2D eigenvalue weighted by atomic mass is 10.1. The fourth-order valence-corrected chi connectivity index (χ4v) is 2.87. The van der Waals surface area contributed by atoms with Gasteiger partial charge in [0, 0.05) is 20.3 Å². The molecule has 0 unspecified atom stereocenters. The quantitative estimate of drug-likeness (QED) is 0.575. The van der Waals surface area contributed by atoms with Gasteiger partial charge in [0.25, 0.3) is 0 Å². The number of hydrogen-bond donors (Lipinski definition) is 0. The molecular weight excluding hydrogens is 264 g/mol. The molecule has 2 rings (SSSR count). The molecule has 1 aromatic carbocycles. The minimum absolute atomic E-state index is 0.0248. The van der Waals surface area contributed by atoms with Crippen molar-refractivity contribution < 1.29 is 4.79 Å². The summed E-state index contributed by atoms with van der Waals surface area (Å²) in [5.41, 5.74) is 1.64. The summed E-state index contributed by atoms with van der Waals surface area (Å²) in [7, 11) is 0. The zero-order chi connectivity index (χ0) is 13.1. The van der Waals surface area contributed by atoms with Crippen LogP contribution in [0.25, 0.3) is 6.08 Å². The lowest BCUT2D eigenvalue weighted by Crippen LogP contribution is -1.93. The van der Waals surface area contributed by atoms with Gasteiger partial charge in [-0.2, -0.15) is 0 Å². The molecule has 0 aliphatic rings. The van der Waals surface area contributed by atoms with Crippen LogP contribution in [0.2, 0.25) is 5.02 Å². The van der Waals surface area contributed by atoms with Crippen LogP contribution in [0.5, 0.6) is 0 Å². The maximum absolute atomic E-state index is 12.0. The number of aryl methyl sites for hydroxylation is 2. The van der Waals surface area contributed by atoms with Crippen molar-refractivity contribution in [2.75, 3.05) is 0 Å². The Labute approximate surface area is 116 Å². The van der Waals surface area contributed by atoms with Gasteiger partial charge in [0.05, 0.1) is 0 Å². The van der Waals surface area contributed by atoms with Crippen LogP contribution in [0.4, 0.5) is 0 Å². The number of ketones is 1. The predicted molar refractivity (Wildman–Crippen MR) is 78.6 cm³/mol. The third-order valence-corrected chi connectivity index (χ3v) is 3.94. The molecule has 18 heavy (non-hydrogen) atoms. The number of benzene rings is 1. The van der Waals surface area contributed by atoms with Crippen molar-refractivity contribution >= 4 is 34.8 Å². The summed E-state index contributed by atoms with van der Waals surface area (Å²) in [5.74, 6) is 0.0248. The van der Waals surface area contributed by atoms with E-state index < -0.39 is 0 Å². The van der Waals surface area contributed by atoms with E-state index in [2.05, 4.69) is 0 Å². The first kappa shape index (κ1) is 13.1. The van der Waals surface area contributed by atoms with Gasteiger partial charge in [0.1, 0.15) is 0 Å². The van der Waals surface area contributed by atoms with Gasteiger partial charge in [0.2, 0.25) is 0 Å². The van der Waals surface area contributed by atoms with Crippen molar-refractivity contribution in [3.63, 3.8) is 0 Å². The van der Waals surface area contributed by atoms with Crippen LogP contribution in [0.1, 0.15) is 25.7 Å². The van der Waals surface area contributed by atoms with Crippen LogP contribution in [0, 0.1) is 13.8 Å². The molecule has 1 nitrogen and oxygen atoms in total. The summed E-state index contributed by atoms with van der Waals surface area (Å²) in [6, 6.07) is 9.40. The van der Waals surface area contributed by atoms with Gasteiger partial charge in [-0.3, -0.25) is 4.79 Å². The highest BCUT2D eigenvalue weighted by Crippen LogP contribution is 2.22. The predicted octanol–water partition coefficient (Wildman–Crippen LogP) is 4.91. The van der Waals surface area contributed by atoms with Crippen LogP contribution in [0.15, 0.2) is 36.4 Å². The van der Waals surface area contributed by atoms with Gasteiger partial charge in [-0.1, -0.05) is 29.8 Å². The molecule has 0 atom stereocenters. The zero-order valence-corrected chi connectivity index (χ0v) is 11.8. The van der Waals surface area contributed by atoms with Crippen molar-refractivity contribution in [1.29, 1.82) is 0 Å². The SMILES string of the molecule is Cc1cc(C(=O)/C=C/c2ccccc2Cl)c(C)s1. The first-order valence-corrected chi connectivity index (χ1v) is 6.81. The fourth-order valence-electron chi connectivity index (χ4n) is 1.74. The molecule has 2 aromatic rings. The Morgan fingerprint density at radius 3 is 2.61 bits per heavy atom. The fraction of sp³-hybridized carbons (Fsp3) is 0.133. The second-order valence-electron chi connectivity index (χ2n) is 4.05. The highest BCUT2D eigenvalue weighted by atomic mass is 35.5. The molecular formula is C15H13ClOS. The molecule has 0 bridgehead atoms. The molecule has 0 saturated carbocycles. The van der Waals surface area contributed by atoms with Crippen molar-refractivity contribution in [2.24, 2.45) is 0 Å². The van der Waals surface area contributed by atoms with Gasteiger partial charge in [-0.25, -0.2) is 0 Å². The first-order chi connectivity index (χ1) is 8.58. The van der Waals surface area contributed by atoms with E-state index in [0.717, 1.165) is 20.9 Å². The summed E-state index contributed by atoms with van der Waals surface area (Å²) in [6.45, 7) is 3.97. The third-order valence-electron chi connectivity index (χ3n) is 2.63. The smallest absolute Gasteiger partial charge is 0.186 e. The van der Waals surface area contributed by atoms with Crippen molar-refractivity contribution in [3.05, 3.63) is 62.3 Å². The van der Waals surface area contributed by atoms with E-state index in [1.165, 1.54) is 0 Å². The molecule has 3 heteroatoms. The Morgan fingerprint density at radius 2 is 2.00 bits per heavy atom. The number of hydrogen-bond acceptors (Lipinski definition) is 2. The molecule has 0 amide bonds. The van der Waals surface area contributed by atoms with E-state index in [4.69, 9.17) is 11.6 Å². The lowest BCUT2D eigenvalue weighted by Gasteiger charge is -1.96. The number of carbonyl (C=O) groups is 1. The largest absolute Gasteiger partial charge is 0.289 e. The van der Waals surface area contributed by atoms with Crippen molar-refractivity contribution in [3.8, 4) is 0 Å². The highest BCUT2D eigenvalue weighted by Gasteiger charge is 2.08. The van der Waals surface area contributed by atoms with E-state index in [1.807, 2.05) is 44.2 Å². The van der Waals surface area contributed by atoms with Gasteiger partial charge < -0.3 is 0 Å². The molecule has 0 fully saturated rings. The van der Waals surface area contributed by atoms with Gasteiger partial charge in [-0.15, -0.1) is 11.3 Å². The third kappa shape index (κ3) is 2.89. The van der Waals surface area contributed by atoms with Crippen LogP contribution in [-0.4, -0.2) is 5.78 Å². The van der Waals surface area contributed by atoms with Crippen LogP contribution in [-0.2, 0) is 0 Å². The molecule has 0 aliphatic carbocycles. The molecule has 92 valence electrons. The Morgan fingerprint density at radius 1 is 1.28 bits per heavy atom. The van der Waals surface area contributed by atoms with E-state index in [9.17, 15) is 4.79 Å². The summed E-state index contributed by atoms with van der Waals surface area (Å²) in [6.07, 6.45) is 3.34. The Bertz CT molecular complexity index is 611. The number of rotatable bonds is 3. The number of halogens is 1. The Balaban J connectivity index is 2.22. The minimum Gasteiger partial charge on any atom is -0.289 e. The summed E-state index contributed by atoms with van der Waals surface area (Å²) in [4.78, 5) is 14.3. The van der Waals surface area contributed by atoms with Crippen LogP contribution < -0.4 is 0 Å². The normalized spacial score (nSPS) is 11.1. The highest BCUT2D eigenvalue weighted by molar-refractivity contribution is 7.12. The average Bonchev–Trinajstić information content (AvgIpc) is 2.67. The molecule has 1 aromatic heterocycles. The van der Waals surface area contributed by atoms with Crippen molar-refractivity contribution in [1.82, 2.24) is 0 Å². The minimum atomic E-state index is 0.0248. The lowest BCUT2D eigenvalue weighted by molar-refractivity contribution is 0.104. The zero-order valence-electron chi connectivity index (χ0n) is 10.2. The molecule has 0 spiro atoms. The molecule has 0 radical (unpaired) electrons. The number of allylic oxidation sites excluding steroid dienone is 1. The second kappa shape index (κ2) is 5.51. The van der Waals surface area contributed by atoms with E-state index in [-0.39, 0.29) is 5.78 Å². The summed E-state index contributed by atoms with van der Waals surface area (Å²) < 4.78 is 0. The maximum Gasteiger partial charge on any atom is 0.186 e. The van der Waals surface area contributed by atoms with E-state index in [0.29, 0.717) is 5.02 Å². The maximum atomic E-state index is 12.0. The average molecular weight is 277 g/mol. The molecule has 1 heterocycles. The first-order valence-electron chi connectivity index (χ1n) is 5.62. The number of thiophene rings is 1. The Hall–Kier alpha value is -1.38. The number of carbonyl (C=O) groups excluding carboxylic acids is 1. The van der Waals surface area contributed by atoms with Crippen molar-refractivity contribution in [2.45, 2.75) is 13.8 Å². The Kier molecular flexibility index (Phi) is 4.00. The summed E-state index contributed by atoms with van der Waals surface area (Å²) in [5, 5.41) is 0.653. The van der Waals surface area contributed by atoms with Gasteiger partial charge in [0.15, 0.2) is 5.78 Å². The van der Waals surface area contributed by atoms with Crippen LogP contribution in [0.3, 0.4) is 0 Å². The van der Waals surface area contributed by atoms with E-state index in [1.54, 1.807) is 23.5 Å².